The summed E-state index contributed by atoms with van der Waals surface area (Å²) in [4.78, 5) is 13.4. The molecule has 3 N–H and O–H groups in total. The molecule has 0 aliphatic rings. The molecule has 32 heavy (non-hydrogen) atoms. The first-order valence-corrected chi connectivity index (χ1v) is 10.7. The van der Waals surface area contributed by atoms with E-state index in [0.29, 0.717) is 24.7 Å². The predicted octanol–water partition coefficient (Wildman–Crippen LogP) is 5.71. The molecule has 0 fully saturated rings. The van der Waals surface area contributed by atoms with E-state index in [4.69, 9.17) is 23.2 Å². The Hall–Kier alpha value is -3.35. The van der Waals surface area contributed by atoms with Crippen LogP contribution in [0.3, 0.4) is 0 Å². The first-order chi connectivity index (χ1) is 15.5. The fourth-order valence-electron chi connectivity index (χ4n) is 2.75. The lowest BCUT2D eigenvalue weighted by atomic mass is 10.2. The third kappa shape index (κ3) is 7.11. The molecule has 0 amide bonds. The third-order valence-corrected chi connectivity index (χ3v) is 5.06. The lowest BCUT2D eigenvalue weighted by Crippen LogP contribution is -2.27. The number of nitrogens with one attached hydrogen (secondary N) is 2. The summed E-state index contributed by atoms with van der Waals surface area (Å²) in [7, 11) is 0. The summed E-state index contributed by atoms with van der Waals surface area (Å²) < 4.78 is 0. The van der Waals surface area contributed by atoms with Crippen molar-refractivity contribution in [3.05, 3.63) is 94.0 Å². The van der Waals surface area contributed by atoms with E-state index in [1.54, 1.807) is 13.1 Å². The molecule has 3 aromatic rings. The summed E-state index contributed by atoms with van der Waals surface area (Å²) in [6.07, 6.45) is 1.64. The van der Waals surface area contributed by atoms with E-state index < -0.39 is 0 Å². The van der Waals surface area contributed by atoms with Gasteiger partial charge in [0, 0.05) is 31.4 Å². The maximum absolute atomic E-state index is 9.91. The SMILES string of the molecule is C\C=N/C(=N\C(=N\c1cc(O)cc(Cl)c1Cl)NCc1ccccc1)NCc1ccccc1. The zero-order valence-electron chi connectivity index (χ0n) is 17.5. The first kappa shape index (κ1) is 23.3. The van der Waals surface area contributed by atoms with Crippen molar-refractivity contribution in [3.63, 3.8) is 0 Å². The van der Waals surface area contributed by atoms with Crippen molar-refractivity contribution in [1.29, 1.82) is 0 Å². The molecular weight excluding hydrogens is 445 g/mol. The van der Waals surface area contributed by atoms with Crippen LogP contribution in [-0.2, 0) is 13.1 Å². The van der Waals surface area contributed by atoms with Crippen molar-refractivity contribution in [2.24, 2.45) is 15.0 Å². The lowest BCUT2D eigenvalue weighted by Gasteiger charge is -2.10. The number of phenolic OH excluding ortho intramolecular Hbond substituents is 1. The van der Waals surface area contributed by atoms with Gasteiger partial charge in [-0.25, -0.2) is 9.98 Å². The molecule has 3 rings (SSSR count). The highest BCUT2D eigenvalue weighted by Crippen LogP contribution is 2.36. The average molecular weight is 468 g/mol. The quantitative estimate of drug-likeness (QED) is 0.331. The second kappa shape index (κ2) is 11.9. The summed E-state index contributed by atoms with van der Waals surface area (Å²) in [5.41, 5.74) is 2.43. The fraction of sp³-hybridized carbons (Fsp3) is 0.125. The molecule has 6 nitrogen and oxygen atoms in total. The zero-order chi connectivity index (χ0) is 22.8. The van der Waals surface area contributed by atoms with Gasteiger partial charge in [0.25, 0.3) is 0 Å². The van der Waals surface area contributed by atoms with Gasteiger partial charge in [0.1, 0.15) is 5.75 Å². The number of hydrogen-bond acceptors (Lipinski definition) is 2. The summed E-state index contributed by atoms with van der Waals surface area (Å²) in [6, 6.07) is 22.6. The van der Waals surface area contributed by atoms with Gasteiger partial charge in [0.2, 0.25) is 11.9 Å². The largest absolute Gasteiger partial charge is 0.508 e. The molecule has 0 atom stereocenters. The molecule has 0 saturated carbocycles. The normalized spacial score (nSPS) is 12.2. The van der Waals surface area contributed by atoms with Crippen LogP contribution < -0.4 is 10.6 Å². The average Bonchev–Trinajstić information content (AvgIpc) is 2.80. The van der Waals surface area contributed by atoms with Crippen LogP contribution in [0.4, 0.5) is 5.69 Å². The number of benzene rings is 3. The number of aliphatic imine (C=N–C) groups is 3. The number of aromatic hydroxyl groups is 1. The molecule has 0 aliphatic carbocycles. The maximum atomic E-state index is 9.91. The number of phenols is 1. The van der Waals surface area contributed by atoms with Gasteiger partial charge in [-0.2, -0.15) is 4.99 Å². The van der Waals surface area contributed by atoms with E-state index >= 15 is 0 Å². The summed E-state index contributed by atoms with van der Waals surface area (Å²) >= 11 is 12.4. The van der Waals surface area contributed by atoms with Gasteiger partial charge < -0.3 is 15.7 Å². The van der Waals surface area contributed by atoms with Gasteiger partial charge in [0.15, 0.2) is 0 Å². The number of halogens is 2. The van der Waals surface area contributed by atoms with Crippen LogP contribution >= 0.6 is 23.2 Å². The predicted molar refractivity (Wildman–Crippen MR) is 133 cm³/mol. The van der Waals surface area contributed by atoms with Gasteiger partial charge >= 0.3 is 0 Å². The lowest BCUT2D eigenvalue weighted by molar-refractivity contribution is 0.475. The van der Waals surface area contributed by atoms with Crippen LogP contribution in [0.1, 0.15) is 18.1 Å². The Morgan fingerprint density at radius 3 is 2.00 bits per heavy atom. The Labute approximate surface area is 197 Å². The van der Waals surface area contributed by atoms with Crippen molar-refractivity contribution in [2.45, 2.75) is 20.0 Å². The molecular formula is C24H23Cl2N5O. The monoisotopic (exact) mass is 467 g/mol. The molecule has 0 aromatic heterocycles. The second-order valence-corrected chi connectivity index (χ2v) is 7.48. The zero-order valence-corrected chi connectivity index (χ0v) is 19.0. The molecule has 0 aliphatic heterocycles. The highest BCUT2D eigenvalue weighted by atomic mass is 35.5. The first-order valence-electron chi connectivity index (χ1n) is 9.95. The van der Waals surface area contributed by atoms with Crippen molar-refractivity contribution in [2.75, 3.05) is 0 Å². The standard InChI is InChI=1S/C24H23Cl2N5O/c1-2-27-23(28-15-17-9-5-3-6-10-17)31-24(29-16-18-11-7-4-8-12-18)30-21-14-19(32)13-20(25)22(21)26/h2-14,32H,15-16H2,1H3,(H2,28,29,30,31)/b27-2-. The fourth-order valence-corrected chi connectivity index (χ4v) is 3.11. The number of nitrogens with zero attached hydrogens (tertiary/aromatic N) is 3. The topological polar surface area (TPSA) is 81.4 Å². The van der Waals surface area contributed by atoms with Crippen molar-refractivity contribution >= 4 is 47.0 Å². The van der Waals surface area contributed by atoms with E-state index in [9.17, 15) is 5.11 Å². The van der Waals surface area contributed by atoms with Crippen molar-refractivity contribution < 1.29 is 5.11 Å². The highest BCUT2D eigenvalue weighted by Gasteiger charge is 2.09. The molecule has 0 heterocycles. The Morgan fingerprint density at radius 1 is 0.875 bits per heavy atom. The van der Waals surface area contributed by atoms with E-state index in [2.05, 4.69) is 25.6 Å². The van der Waals surface area contributed by atoms with E-state index in [0.717, 1.165) is 11.1 Å². The van der Waals surface area contributed by atoms with Crippen LogP contribution in [-0.4, -0.2) is 23.2 Å². The summed E-state index contributed by atoms with van der Waals surface area (Å²) in [5, 5.41) is 16.7. The number of rotatable bonds is 5. The number of hydrogen-bond donors (Lipinski definition) is 3. The van der Waals surface area contributed by atoms with Crippen LogP contribution in [0.25, 0.3) is 0 Å². The van der Waals surface area contributed by atoms with E-state index in [1.165, 1.54) is 12.1 Å². The van der Waals surface area contributed by atoms with Gasteiger partial charge in [-0.15, -0.1) is 0 Å². The van der Waals surface area contributed by atoms with Gasteiger partial charge in [-0.1, -0.05) is 83.9 Å². The Kier molecular flexibility index (Phi) is 8.66. The van der Waals surface area contributed by atoms with E-state index in [-0.39, 0.29) is 21.8 Å². The molecule has 8 heteroatoms. The molecule has 0 saturated heterocycles. The second-order valence-electron chi connectivity index (χ2n) is 6.70. The molecule has 164 valence electrons. The van der Waals surface area contributed by atoms with Gasteiger partial charge in [-0.05, 0) is 18.1 Å². The Balaban J connectivity index is 1.91. The molecule has 0 bridgehead atoms. The minimum atomic E-state index is -0.0430. The Bertz CT molecular complexity index is 1120. The Morgan fingerprint density at radius 2 is 1.44 bits per heavy atom. The van der Waals surface area contributed by atoms with Crippen molar-refractivity contribution in [3.8, 4) is 5.75 Å². The van der Waals surface area contributed by atoms with Gasteiger partial charge in [0.05, 0.1) is 15.7 Å². The summed E-state index contributed by atoms with van der Waals surface area (Å²) in [5.74, 6) is 0.593. The van der Waals surface area contributed by atoms with Crippen LogP contribution in [0, 0.1) is 0 Å². The van der Waals surface area contributed by atoms with Crippen molar-refractivity contribution in [1.82, 2.24) is 10.6 Å². The van der Waals surface area contributed by atoms with Gasteiger partial charge in [-0.3, -0.25) is 0 Å². The minimum Gasteiger partial charge on any atom is -0.508 e. The third-order valence-electron chi connectivity index (χ3n) is 4.27. The summed E-state index contributed by atoms with van der Waals surface area (Å²) in [6.45, 7) is 2.83. The molecule has 0 unspecified atom stereocenters. The van der Waals surface area contributed by atoms with E-state index in [1.807, 2.05) is 60.7 Å². The molecule has 0 spiro atoms. The highest BCUT2D eigenvalue weighted by molar-refractivity contribution is 6.43. The van der Waals surface area contributed by atoms with Crippen LogP contribution in [0.5, 0.6) is 5.75 Å². The smallest absolute Gasteiger partial charge is 0.226 e. The molecule has 3 aromatic carbocycles. The maximum Gasteiger partial charge on any atom is 0.226 e. The van der Waals surface area contributed by atoms with Crippen LogP contribution in [0.2, 0.25) is 10.0 Å². The molecule has 0 radical (unpaired) electrons. The van der Waals surface area contributed by atoms with Crippen LogP contribution in [0.15, 0.2) is 87.8 Å². The minimum absolute atomic E-state index is 0.0430. The number of guanidine groups is 2.